The van der Waals surface area contributed by atoms with Gasteiger partial charge in [-0.25, -0.2) is 19.7 Å². The molecule has 0 aliphatic heterocycles. The molecule has 17 heavy (non-hydrogen) atoms. The molecule has 2 aromatic heterocycles. The Balaban J connectivity index is 2.10. The molecule has 0 aliphatic carbocycles. The maximum absolute atomic E-state index is 11.1. The van der Waals surface area contributed by atoms with Crippen molar-refractivity contribution in [2.24, 2.45) is 0 Å². The minimum Gasteiger partial charge on any atom is -0.464 e. The van der Waals surface area contributed by atoms with Gasteiger partial charge in [-0.1, -0.05) is 0 Å². The van der Waals surface area contributed by atoms with E-state index in [-0.39, 0.29) is 5.69 Å². The molecule has 2 rings (SSSR count). The van der Waals surface area contributed by atoms with Crippen LogP contribution in [0.25, 0.3) is 0 Å². The van der Waals surface area contributed by atoms with Crippen molar-refractivity contribution in [1.29, 1.82) is 0 Å². The van der Waals surface area contributed by atoms with Gasteiger partial charge in [0.25, 0.3) is 5.22 Å². The number of carbonyl (C=O) groups excluding carboxylic acids is 1. The lowest BCUT2D eigenvalue weighted by molar-refractivity contribution is 0.0593. The van der Waals surface area contributed by atoms with Crippen LogP contribution in [0.15, 0.2) is 33.3 Å². The van der Waals surface area contributed by atoms with Crippen molar-refractivity contribution in [3.63, 3.8) is 0 Å². The van der Waals surface area contributed by atoms with Gasteiger partial charge in [-0.05, 0) is 18.7 Å². The second kappa shape index (κ2) is 4.96. The van der Waals surface area contributed by atoms with Gasteiger partial charge >= 0.3 is 5.97 Å². The molecular formula is C10H9N3O3S. The topological polar surface area (TPSA) is 78.1 Å². The fraction of sp³-hybridized carbons (Fsp3) is 0.200. The molecule has 0 aromatic carbocycles. The number of hydrogen-bond acceptors (Lipinski definition) is 7. The zero-order valence-corrected chi connectivity index (χ0v) is 10.0. The Morgan fingerprint density at radius 3 is 2.76 bits per heavy atom. The maximum Gasteiger partial charge on any atom is 0.358 e. The number of aromatic nitrogens is 3. The van der Waals surface area contributed by atoms with Gasteiger partial charge in [0.15, 0.2) is 5.69 Å². The van der Waals surface area contributed by atoms with Crippen LogP contribution in [-0.4, -0.2) is 28.0 Å². The van der Waals surface area contributed by atoms with Crippen molar-refractivity contribution in [2.45, 2.75) is 17.2 Å². The van der Waals surface area contributed by atoms with E-state index < -0.39 is 5.97 Å². The number of ether oxygens (including phenoxy) is 1. The molecule has 2 aromatic rings. The average Bonchev–Trinajstić information content (AvgIpc) is 2.75. The van der Waals surface area contributed by atoms with E-state index in [1.165, 1.54) is 31.3 Å². The van der Waals surface area contributed by atoms with Gasteiger partial charge in [-0.2, -0.15) is 0 Å². The Kier molecular flexibility index (Phi) is 3.38. The second-order valence-electron chi connectivity index (χ2n) is 3.09. The lowest BCUT2D eigenvalue weighted by Gasteiger charge is -1.98. The van der Waals surface area contributed by atoms with Crippen LogP contribution in [0.1, 0.15) is 16.2 Å². The van der Waals surface area contributed by atoms with Crippen LogP contribution < -0.4 is 0 Å². The molecule has 0 fully saturated rings. The van der Waals surface area contributed by atoms with Crippen molar-refractivity contribution < 1.29 is 13.9 Å². The van der Waals surface area contributed by atoms with Gasteiger partial charge < -0.3 is 9.15 Å². The summed E-state index contributed by atoms with van der Waals surface area (Å²) in [5.74, 6) is -0.513. The summed E-state index contributed by atoms with van der Waals surface area (Å²) >= 11 is 1.23. The standard InChI is InChI=1S/C10H9N3O3S/c1-6-5-16-10(13-6)17-8-4-11-7(3-12-8)9(14)15-2/h3-5H,1-2H3. The molecule has 0 bridgehead atoms. The maximum atomic E-state index is 11.1. The predicted octanol–water partition coefficient (Wildman–Crippen LogP) is 1.71. The van der Waals surface area contributed by atoms with E-state index in [0.717, 1.165) is 5.69 Å². The van der Waals surface area contributed by atoms with Crippen molar-refractivity contribution in [3.8, 4) is 0 Å². The number of carbonyl (C=O) groups is 1. The van der Waals surface area contributed by atoms with Crippen LogP contribution in [0.2, 0.25) is 0 Å². The highest BCUT2D eigenvalue weighted by molar-refractivity contribution is 7.99. The van der Waals surface area contributed by atoms with Crippen molar-refractivity contribution in [2.75, 3.05) is 7.11 Å². The number of rotatable bonds is 3. The number of nitrogens with zero attached hydrogens (tertiary/aromatic N) is 3. The van der Waals surface area contributed by atoms with Crippen molar-refractivity contribution in [1.82, 2.24) is 15.0 Å². The molecule has 7 heteroatoms. The normalized spacial score (nSPS) is 10.2. The largest absolute Gasteiger partial charge is 0.464 e. The third-order valence-corrected chi connectivity index (χ3v) is 2.59. The summed E-state index contributed by atoms with van der Waals surface area (Å²) in [4.78, 5) is 23.2. The molecule has 0 amide bonds. The Labute approximate surface area is 101 Å². The zero-order chi connectivity index (χ0) is 12.3. The van der Waals surface area contributed by atoms with E-state index >= 15 is 0 Å². The van der Waals surface area contributed by atoms with Crippen LogP contribution in [0.5, 0.6) is 0 Å². The van der Waals surface area contributed by atoms with Gasteiger partial charge in [0.2, 0.25) is 0 Å². The fourth-order valence-electron chi connectivity index (χ4n) is 1.05. The van der Waals surface area contributed by atoms with Gasteiger partial charge in [0.05, 0.1) is 25.2 Å². The summed E-state index contributed by atoms with van der Waals surface area (Å²) in [6.45, 7) is 1.83. The molecule has 0 aliphatic rings. The third kappa shape index (κ3) is 2.82. The highest BCUT2D eigenvalue weighted by atomic mass is 32.2. The molecule has 0 N–H and O–H groups in total. The summed E-state index contributed by atoms with van der Waals surface area (Å²) in [5.41, 5.74) is 0.965. The molecule has 2 heterocycles. The number of hydrogen-bond donors (Lipinski definition) is 0. The first-order valence-electron chi connectivity index (χ1n) is 4.69. The van der Waals surface area contributed by atoms with Crippen LogP contribution in [0.4, 0.5) is 0 Å². The van der Waals surface area contributed by atoms with Crippen molar-refractivity contribution in [3.05, 3.63) is 30.0 Å². The smallest absolute Gasteiger partial charge is 0.358 e. The van der Waals surface area contributed by atoms with Crippen LogP contribution in [0.3, 0.4) is 0 Å². The molecule has 0 atom stereocenters. The monoisotopic (exact) mass is 251 g/mol. The van der Waals surface area contributed by atoms with E-state index in [0.29, 0.717) is 10.2 Å². The van der Waals surface area contributed by atoms with Gasteiger partial charge in [-0.3, -0.25) is 0 Å². The number of oxazole rings is 1. The summed E-state index contributed by atoms with van der Waals surface area (Å²) < 4.78 is 9.68. The fourth-order valence-corrected chi connectivity index (χ4v) is 1.72. The molecule has 0 spiro atoms. The SMILES string of the molecule is COC(=O)c1cnc(Sc2nc(C)co2)cn1. The summed E-state index contributed by atoms with van der Waals surface area (Å²) in [6.07, 6.45) is 4.37. The average molecular weight is 251 g/mol. The van der Waals surface area contributed by atoms with Gasteiger partial charge in [0, 0.05) is 0 Å². The Morgan fingerprint density at radius 1 is 1.41 bits per heavy atom. The number of methoxy groups -OCH3 is 1. The molecule has 0 saturated carbocycles. The molecular weight excluding hydrogens is 242 g/mol. The lowest BCUT2D eigenvalue weighted by atomic mass is 10.5. The van der Waals surface area contributed by atoms with Crippen LogP contribution >= 0.6 is 11.8 Å². The highest BCUT2D eigenvalue weighted by Crippen LogP contribution is 2.24. The van der Waals surface area contributed by atoms with Gasteiger partial charge in [0.1, 0.15) is 11.3 Å². The van der Waals surface area contributed by atoms with Gasteiger partial charge in [-0.15, -0.1) is 0 Å². The summed E-state index contributed by atoms with van der Waals surface area (Å²) in [7, 11) is 1.29. The molecule has 88 valence electrons. The predicted molar refractivity (Wildman–Crippen MR) is 58.7 cm³/mol. The zero-order valence-electron chi connectivity index (χ0n) is 9.21. The number of aryl methyl sites for hydroxylation is 1. The first kappa shape index (κ1) is 11.6. The molecule has 6 nitrogen and oxygen atoms in total. The van der Waals surface area contributed by atoms with E-state index in [4.69, 9.17) is 4.42 Å². The van der Waals surface area contributed by atoms with E-state index in [1.807, 2.05) is 6.92 Å². The summed E-state index contributed by atoms with van der Waals surface area (Å²) in [6, 6.07) is 0. The highest BCUT2D eigenvalue weighted by Gasteiger charge is 2.09. The van der Waals surface area contributed by atoms with E-state index in [1.54, 1.807) is 6.26 Å². The first-order chi connectivity index (χ1) is 8.19. The first-order valence-corrected chi connectivity index (χ1v) is 5.51. The minimum absolute atomic E-state index is 0.167. The Morgan fingerprint density at radius 2 is 2.24 bits per heavy atom. The quantitative estimate of drug-likeness (QED) is 0.768. The molecule has 0 radical (unpaired) electrons. The Hall–Kier alpha value is -1.89. The molecule has 0 unspecified atom stereocenters. The number of esters is 1. The van der Waals surface area contributed by atoms with Crippen molar-refractivity contribution >= 4 is 17.7 Å². The molecule has 0 saturated heterocycles. The van der Waals surface area contributed by atoms with Crippen LogP contribution in [-0.2, 0) is 4.74 Å². The minimum atomic E-state index is -0.513. The summed E-state index contributed by atoms with van der Waals surface area (Å²) in [5, 5.41) is 1.09. The van der Waals surface area contributed by atoms with Crippen LogP contribution in [0, 0.1) is 6.92 Å². The van der Waals surface area contributed by atoms with E-state index in [9.17, 15) is 4.79 Å². The second-order valence-corrected chi connectivity index (χ2v) is 4.06. The van der Waals surface area contributed by atoms with E-state index in [2.05, 4.69) is 19.7 Å². The Bertz CT molecular complexity index is 524. The lowest BCUT2D eigenvalue weighted by Crippen LogP contribution is -2.04. The third-order valence-electron chi connectivity index (χ3n) is 1.81.